The first-order valence-corrected chi connectivity index (χ1v) is 10.1. The highest BCUT2D eigenvalue weighted by molar-refractivity contribution is 6.20. The standard InChI is InChI=1S/C28H21N/c1-18-19(2)21-11-5-7-16-26(21)29-27-17-8-6-13-23(27)25-15-9-14-24(28(25)29)22-12-4-3-10-20(18)22/h3-17H,1-2H3. The third kappa shape index (κ3) is 2.16. The lowest BCUT2D eigenvalue weighted by molar-refractivity contribution is 1.34. The van der Waals surface area contributed by atoms with Crippen LogP contribution < -0.4 is 0 Å². The summed E-state index contributed by atoms with van der Waals surface area (Å²) in [5.74, 6) is 0. The van der Waals surface area contributed by atoms with Crippen molar-refractivity contribution in [3.63, 3.8) is 0 Å². The van der Waals surface area contributed by atoms with Crippen LogP contribution in [0.25, 0.3) is 48.9 Å². The molecule has 0 saturated carbocycles. The minimum Gasteiger partial charge on any atom is -0.308 e. The zero-order chi connectivity index (χ0) is 19.5. The van der Waals surface area contributed by atoms with Crippen molar-refractivity contribution >= 4 is 48.9 Å². The number of fused-ring (bicyclic) bond motifs is 7. The number of hydrogen-bond acceptors (Lipinski definition) is 0. The van der Waals surface area contributed by atoms with Crippen LogP contribution in [0.5, 0.6) is 0 Å². The van der Waals surface area contributed by atoms with E-state index in [1.807, 2.05) is 0 Å². The summed E-state index contributed by atoms with van der Waals surface area (Å²) in [5, 5.41) is 7.80. The van der Waals surface area contributed by atoms with Crippen molar-refractivity contribution in [2.45, 2.75) is 13.8 Å². The molecule has 1 heteroatoms. The molecular formula is C28H21N. The summed E-state index contributed by atoms with van der Waals surface area (Å²) >= 11 is 0. The van der Waals surface area contributed by atoms with Crippen LogP contribution in [0, 0.1) is 13.8 Å². The zero-order valence-corrected chi connectivity index (χ0v) is 16.6. The minimum atomic E-state index is 1.25. The molecule has 0 amide bonds. The van der Waals surface area contributed by atoms with Gasteiger partial charge in [-0.15, -0.1) is 0 Å². The van der Waals surface area contributed by atoms with E-state index >= 15 is 0 Å². The van der Waals surface area contributed by atoms with Gasteiger partial charge >= 0.3 is 0 Å². The number of aromatic nitrogens is 1. The van der Waals surface area contributed by atoms with E-state index in [-0.39, 0.29) is 0 Å². The van der Waals surface area contributed by atoms with Crippen molar-refractivity contribution in [1.82, 2.24) is 4.40 Å². The van der Waals surface area contributed by atoms with Gasteiger partial charge in [0.15, 0.2) is 0 Å². The summed E-state index contributed by atoms with van der Waals surface area (Å²) in [7, 11) is 0. The highest BCUT2D eigenvalue weighted by Gasteiger charge is 2.14. The van der Waals surface area contributed by atoms with Crippen molar-refractivity contribution in [1.29, 1.82) is 0 Å². The SMILES string of the molecule is Cc1c(C)c2ccccc2n2c3ccccc3c3cccc(c4ccccc14)c32. The number of aryl methyl sites for hydroxylation is 2. The Morgan fingerprint density at radius 1 is 0.414 bits per heavy atom. The lowest BCUT2D eigenvalue weighted by Gasteiger charge is -2.05. The highest BCUT2D eigenvalue weighted by atomic mass is 14.9. The van der Waals surface area contributed by atoms with Gasteiger partial charge in [0.2, 0.25) is 0 Å². The van der Waals surface area contributed by atoms with E-state index in [9.17, 15) is 0 Å². The van der Waals surface area contributed by atoms with Gasteiger partial charge in [0.05, 0.1) is 16.6 Å². The smallest absolute Gasteiger partial charge is 0.0619 e. The maximum atomic E-state index is 2.47. The molecule has 6 aromatic rings. The van der Waals surface area contributed by atoms with Gasteiger partial charge in [-0.05, 0) is 47.9 Å². The van der Waals surface area contributed by atoms with Crippen LogP contribution in [0.4, 0.5) is 0 Å². The Kier molecular flexibility index (Phi) is 3.36. The van der Waals surface area contributed by atoms with E-state index in [2.05, 4.69) is 109 Å². The molecule has 0 atom stereocenters. The largest absolute Gasteiger partial charge is 0.308 e. The molecule has 2 heterocycles. The second kappa shape index (κ2) is 5.96. The van der Waals surface area contributed by atoms with Crippen LogP contribution in [0.15, 0.2) is 91.0 Å². The third-order valence-electron chi connectivity index (χ3n) is 6.43. The minimum absolute atomic E-state index is 1.25. The number of benzene rings is 4. The molecule has 0 saturated heterocycles. The van der Waals surface area contributed by atoms with E-state index < -0.39 is 0 Å². The van der Waals surface area contributed by atoms with Gasteiger partial charge in [0.25, 0.3) is 0 Å². The fourth-order valence-corrected chi connectivity index (χ4v) is 4.92. The van der Waals surface area contributed by atoms with Crippen LogP contribution in [-0.4, -0.2) is 4.40 Å². The van der Waals surface area contributed by atoms with Gasteiger partial charge in [-0.25, -0.2) is 0 Å². The molecule has 4 aromatic carbocycles. The van der Waals surface area contributed by atoms with Crippen LogP contribution in [0.2, 0.25) is 0 Å². The molecule has 29 heavy (non-hydrogen) atoms. The van der Waals surface area contributed by atoms with E-state index in [1.54, 1.807) is 0 Å². The first kappa shape index (κ1) is 16.4. The van der Waals surface area contributed by atoms with Crippen LogP contribution >= 0.6 is 0 Å². The summed E-state index contributed by atoms with van der Waals surface area (Å²) in [4.78, 5) is 0. The molecular weight excluding hydrogens is 350 g/mol. The molecule has 2 aromatic heterocycles. The van der Waals surface area contributed by atoms with Crippen LogP contribution in [0.1, 0.15) is 11.1 Å². The quantitative estimate of drug-likeness (QED) is 0.257. The Balaban J connectivity index is 2.17. The predicted molar refractivity (Wildman–Crippen MR) is 126 cm³/mol. The van der Waals surface area contributed by atoms with Crippen molar-refractivity contribution in [2.24, 2.45) is 0 Å². The van der Waals surface area contributed by atoms with E-state index in [4.69, 9.17) is 0 Å². The Labute approximate surface area is 169 Å². The molecule has 0 spiro atoms. The lowest BCUT2D eigenvalue weighted by atomic mass is 10.00. The topological polar surface area (TPSA) is 4.41 Å². The number of hydrogen-bond donors (Lipinski definition) is 0. The molecule has 0 aliphatic heterocycles. The molecule has 1 nitrogen and oxygen atoms in total. The van der Waals surface area contributed by atoms with E-state index in [1.165, 1.54) is 60.0 Å². The predicted octanol–water partition coefficient (Wildman–Crippen LogP) is 7.73. The maximum Gasteiger partial charge on any atom is 0.0619 e. The van der Waals surface area contributed by atoms with Crippen molar-refractivity contribution < 1.29 is 0 Å². The number of para-hydroxylation sites is 3. The Morgan fingerprint density at radius 2 is 0.862 bits per heavy atom. The first-order chi connectivity index (χ1) is 14.3. The average molecular weight is 371 g/mol. The van der Waals surface area contributed by atoms with Gasteiger partial charge in [-0.3, -0.25) is 0 Å². The molecule has 0 N–H and O–H groups in total. The van der Waals surface area contributed by atoms with Crippen molar-refractivity contribution in [2.75, 3.05) is 0 Å². The van der Waals surface area contributed by atoms with Crippen LogP contribution in [0.3, 0.4) is 0 Å². The number of nitrogens with zero attached hydrogens (tertiary/aromatic N) is 1. The Hall–Kier alpha value is -3.58. The monoisotopic (exact) mass is 371 g/mol. The summed E-state index contributed by atoms with van der Waals surface area (Å²) in [6.45, 7) is 4.51. The average Bonchev–Trinajstić information content (AvgIpc) is 3.13. The normalized spacial score (nSPS) is 11.8. The fourth-order valence-electron chi connectivity index (χ4n) is 4.92. The second-order valence-corrected chi connectivity index (χ2v) is 7.87. The van der Waals surface area contributed by atoms with E-state index in [0.717, 1.165) is 0 Å². The Morgan fingerprint density at radius 3 is 1.59 bits per heavy atom. The Bertz CT molecular complexity index is 1620. The lowest BCUT2D eigenvalue weighted by Crippen LogP contribution is -1.87. The van der Waals surface area contributed by atoms with Crippen molar-refractivity contribution in [3.05, 3.63) is 102 Å². The summed E-state index contributed by atoms with van der Waals surface area (Å²) in [6.07, 6.45) is 0. The highest BCUT2D eigenvalue weighted by Crippen LogP contribution is 2.37. The van der Waals surface area contributed by atoms with Crippen LogP contribution in [-0.2, 0) is 0 Å². The maximum absolute atomic E-state index is 2.47. The number of rotatable bonds is 0. The summed E-state index contributed by atoms with van der Waals surface area (Å²) in [6, 6.07) is 33.1. The van der Waals surface area contributed by atoms with Gasteiger partial charge < -0.3 is 4.40 Å². The molecule has 138 valence electrons. The molecule has 0 aliphatic rings. The summed E-state index contributed by atoms with van der Waals surface area (Å²) in [5.41, 5.74) is 6.45. The third-order valence-corrected chi connectivity index (χ3v) is 6.43. The molecule has 6 rings (SSSR count). The van der Waals surface area contributed by atoms with Gasteiger partial charge in [0.1, 0.15) is 0 Å². The fraction of sp³-hybridized carbons (Fsp3) is 0.0714. The molecule has 0 unspecified atom stereocenters. The van der Waals surface area contributed by atoms with Gasteiger partial charge in [-0.1, -0.05) is 78.9 Å². The first-order valence-electron chi connectivity index (χ1n) is 10.1. The van der Waals surface area contributed by atoms with Crippen molar-refractivity contribution in [3.8, 4) is 0 Å². The van der Waals surface area contributed by atoms with Gasteiger partial charge in [-0.2, -0.15) is 0 Å². The van der Waals surface area contributed by atoms with Gasteiger partial charge in [0, 0.05) is 21.5 Å². The molecule has 0 fully saturated rings. The van der Waals surface area contributed by atoms with E-state index in [0.29, 0.717) is 0 Å². The molecule has 0 aliphatic carbocycles. The molecule has 0 radical (unpaired) electrons. The zero-order valence-electron chi connectivity index (χ0n) is 16.6. The molecule has 0 bridgehead atoms. The second-order valence-electron chi connectivity index (χ2n) is 7.87. The summed E-state index contributed by atoms with van der Waals surface area (Å²) < 4.78 is 2.47.